The van der Waals surface area contributed by atoms with Crippen molar-refractivity contribution in [2.24, 2.45) is 0 Å². The van der Waals surface area contributed by atoms with Gasteiger partial charge in [-0.25, -0.2) is 0 Å². The van der Waals surface area contributed by atoms with Crippen molar-refractivity contribution < 1.29 is 9.53 Å². The molecule has 1 aromatic heterocycles. The Morgan fingerprint density at radius 2 is 1.86 bits per heavy atom. The van der Waals surface area contributed by atoms with Gasteiger partial charge in [-0.05, 0) is 30.4 Å². The first-order chi connectivity index (χ1) is 10.8. The van der Waals surface area contributed by atoms with E-state index in [-0.39, 0.29) is 17.5 Å². The molecule has 2 heterocycles. The number of hydrogen-bond acceptors (Lipinski definition) is 3. The Bertz CT molecular complexity index is 786. The van der Waals surface area contributed by atoms with Gasteiger partial charge in [0.1, 0.15) is 5.69 Å². The number of ether oxygens (including phenoxy) is 1. The summed E-state index contributed by atoms with van der Waals surface area (Å²) in [5.41, 5.74) is 0.477. The largest absolute Gasteiger partial charge is 0.378 e. The van der Waals surface area contributed by atoms with Gasteiger partial charge >= 0.3 is 0 Å². The van der Waals surface area contributed by atoms with Crippen LogP contribution in [0, 0.1) is 0 Å². The van der Waals surface area contributed by atoms with Gasteiger partial charge in [0.2, 0.25) is 0 Å². The number of fused-ring (bicyclic) bond motifs is 1. The van der Waals surface area contributed by atoms with Gasteiger partial charge in [0.15, 0.2) is 0 Å². The minimum atomic E-state index is -0.0574. The van der Waals surface area contributed by atoms with Crippen molar-refractivity contribution in [2.75, 3.05) is 26.3 Å². The Labute approximate surface area is 128 Å². The zero-order valence-electron chi connectivity index (χ0n) is 12.3. The smallest absolute Gasteiger partial charge is 0.270 e. The average molecular weight is 298 g/mol. The molecule has 0 radical (unpaired) electrons. The van der Waals surface area contributed by atoms with Crippen LogP contribution in [-0.2, 0) is 4.74 Å². The predicted molar refractivity (Wildman–Crippen MR) is 83.2 cm³/mol. The van der Waals surface area contributed by atoms with Gasteiger partial charge in [0.25, 0.3) is 11.5 Å². The van der Waals surface area contributed by atoms with E-state index in [4.69, 9.17) is 4.74 Å². The second kappa shape index (κ2) is 5.25. The van der Waals surface area contributed by atoms with Crippen LogP contribution in [0.25, 0.3) is 10.8 Å². The van der Waals surface area contributed by atoms with E-state index in [0.29, 0.717) is 37.4 Å². The standard InChI is InChI=1S/C17H18N2O3/c20-16-14-4-2-1-3-12(14)11-15(19(16)13-5-6-13)17(21)18-7-9-22-10-8-18/h1-4,11,13H,5-10H2. The summed E-state index contributed by atoms with van der Waals surface area (Å²) in [5, 5.41) is 1.52. The molecular formula is C17H18N2O3. The molecule has 2 aromatic rings. The Morgan fingerprint density at radius 1 is 1.14 bits per heavy atom. The van der Waals surface area contributed by atoms with E-state index >= 15 is 0 Å². The second-order valence-corrected chi connectivity index (χ2v) is 5.93. The van der Waals surface area contributed by atoms with E-state index in [1.807, 2.05) is 30.3 Å². The van der Waals surface area contributed by atoms with Crippen LogP contribution < -0.4 is 5.56 Å². The molecule has 22 heavy (non-hydrogen) atoms. The Morgan fingerprint density at radius 3 is 2.59 bits per heavy atom. The first kappa shape index (κ1) is 13.5. The van der Waals surface area contributed by atoms with Crippen LogP contribution in [0.2, 0.25) is 0 Å². The Balaban J connectivity index is 1.86. The van der Waals surface area contributed by atoms with Gasteiger partial charge in [-0.1, -0.05) is 18.2 Å². The van der Waals surface area contributed by atoms with Crippen LogP contribution in [-0.4, -0.2) is 41.7 Å². The van der Waals surface area contributed by atoms with E-state index in [1.54, 1.807) is 9.47 Å². The molecule has 0 unspecified atom stereocenters. The molecule has 114 valence electrons. The number of morpholine rings is 1. The van der Waals surface area contributed by atoms with Crippen LogP contribution in [0.15, 0.2) is 35.1 Å². The molecular weight excluding hydrogens is 280 g/mol. The quantitative estimate of drug-likeness (QED) is 0.849. The molecule has 0 atom stereocenters. The fourth-order valence-corrected chi connectivity index (χ4v) is 3.06. The second-order valence-electron chi connectivity index (χ2n) is 5.93. The lowest BCUT2D eigenvalue weighted by molar-refractivity contribution is 0.0295. The van der Waals surface area contributed by atoms with E-state index in [2.05, 4.69) is 0 Å². The summed E-state index contributed by atoms with van der Waals surface area (Å²) in [6, 6.07) is 9.53. The minimum Gasteiger partial charge on any atom is -0.378 e. The van der Waals surface area contributed by atoms with E-state index in [1.165, 1.54) is 0 Å². The number of carbonyl (C=O) groups excluding carboxylic acids is 1. The molecule has 5 heteroatoms. The third-order valence-corrected chi connectivity index (χ3v) is 4.39. The molecule has 2 aliphatic rings. The fraction of sp³-hybridized carbons (Fsp3) is 0.412. The zero-order chi connectivity index (χ0) is 15.1. The molecule has 1 aliphatic carbocycles. The maximum Gasteiger partial charge on any atom is 0.270 e. The molecule has 0 bridgehead atoms. The van der Waals surface area contributed by atoms with E-state index < -0.39 is 0 Å². The number of nitrogens with zero attached hydrogens (tertiary/aromatic N) is 2. The maximum absolute atomic E-state index is 12.9. The number of rotatable bonds is 2. The van der Waals surface area contributed by atoms with Crippen LogP contribution in [0.4, 0.5) is 0 Å². The van der Waals surface area contributed by atoms with E-state index in [0.717, 1.165) is 18.2 Å². The summed E-state index contributed by atoms with van der Waals surface area (Å²) in [6.07, 6.45) is 1.95. The van der Waals surface area contributed by atoms with Crippen LogP contribution in [0.1, 0.15) is 29.4 Å². The summed E-state index contributed by atoms with van der Waals surface area (Å²) in [5.74, 6) is -0.0574. The SMILES string of the molecule is O=C(c1cc2ccccc2c(=O)n1C1CC1)N1CCOCC1. The number of hydrogen-bond donors (Lipinski definition) is 0. The number of amides is 1. The van der Waals surface area contributed by atoms with Gasteiger partial charge in [0, 0.05) is 24.5 Å². The van der Waals surface area contributed by atoms with Crippen LogP contribution in [0.5, 0.6) is 0 Å². The lowest BCUT2D eigenvalue weighted by Crippen LogP contribution is -2.42. The van der Waals surface area contributed by atoms with Crippen molar-refractivity contribution in [3.8, 4) is 0 Å². The fourth-order valence-electron chi connectivity index (χ4n) is 3.06. The molecule has 1 saturated heterocycles. The van der Waals surface area contributed by atoms with Crippen molar-refractivity contribution in [2.45, 2.75) is 18.9 Å². The molecule has 5 nitrogen and oxygen atoms in total. The number of pyridine rings is 1. The van der Waals surface area contributed by atoms with Crippen molar-refractivity contribution >= 4 is 16.7 Å². The normalized spacial score (nSPS) is 18.6. The summed E-state index contributed by atoms with van der Waals surface area (Å²) in [4.78, 5) is 27.4. The van der Waals surface area contributed by atoms with Gasteiger partial charge < -0.3 is 14.2 Å². The molecule has 1 aliphatic heterocycles. The predicted octanol–water partition coefficient (Wildman–Crippen LogP) is 1.81. The van der Waals surface area contributed by atoms with Gasteiger partial charge in [-0.3, -0.25) is 9.59 Å². The highest BCUT2D eigenvalue weighted by Crippen LogP contribution is 2.35. The molecule has 1 saturated carbocycles. The molecule has 2 fully saturated rings. The molecule has 0 spiro atoms. The maximum atomic E-state index is 12.9. The van der Waals surface area contributed by atoms with Crippen LogP contribution in [0.3, 0.4) is 0 Å². The number of benzene rings is 1. The van der Waals surface area contributed by atoms with Crippen molar-refractivity contribution in [1.82, 2.24) is 9.47 Å². The molecule has 1 amide bonds. The third kappa shape index (κ3) is 2.22. The van der Waals surface area contributed by atoms with Gasteiger partial charge in [0.05, 0.1) is 13.2 Å². The first-order valence-corrected chi connectivity index (χ1v) is 7.77. The number of carbonyl (C=O) groups is 1. The van der Waals surface area contributed by atoms with Gasteiger partial charge in [-0.2, -0.15) is 0 Å². The number of aromatic nitrogens is 1. The average Bonchev–Trinajstić information content (AvgIpc) is 3.39. The molecule has 1 aromatic carbocycles. The van der Waals surface area contributed by atoms with Crippen molar-refractivity contribution in [3.05, 3.63) is 46.4 Å². The Hall–Kier alpha value is -2.14. The highest BCUT2D eigenvalue weighted by Gasteiger charge is 2.31. The topological polar surface area (TPSA) is 51.5 Å². The monoisotopic (exact) mass is 298 g/mol. The molecule has 0 N–H and O–H groups in total. The zero-order valence-corrected chi connectivity index (χ0v) is 12.3. The summed E-state index contributed by atoms with van der Waals surface area (Å²) < 4.78 is 7.02. The van der Waals surface area contributed by atoms with Crippen LogP contribution >= 0.6 is 0 Å². The first-order valence-electron chi connectivity index (χ1n) is 7.77. The van der Waals surface area contributed by atoms with Gasteiger partial charge in [-0.15, -0.1) is 0 Å². The Kier molecular flexibility index (Phi) is 3.22. The lowest BCUT2D eigenvalue weighted by atomic mass is 10.1. The summed E-state index contributed by atoms with van der Waals surface area (Å²) >= 11 is 0. The van der Waals surface area contributed by atoms with E-state index in [9.17, 15) is 9.59 Å². The van der Waals surface area contributed by atoms with Crippen molar-refractivity contribution in [1.29, 1.82) is 0 Å². The third-order valence-electron chi connectivity index (χ3n) is 4.39. The highest BCUT2D eigenvalue weighted by molar-refractivity contribution is 5.96. The summed E-state index contributed by atoms with van der Waals surface area (Å²) in [6.45, 7) is 2.30. The van der Waals surface area contributed by atoms with Crippen molar-refractivity contribution in [3.63, 3.8) is 0 Å². The molecule has 4 rings (SSSR count). The minimum absolute atomic E-state index is 0.0443. The lowest BCUT2D eigenvalue weighted by Gasteiger charge is -2.28. The summed E-state index contributed by atoms with van der Waals surface area (Å²) in [7, 11) is 0. The highest BCUT2D eigenvalue weighted by atomic mass is 16.5.